The van der Waals surface area contributed by atoms with Crippen LogP contribution < -0.4 is 5.69 Å². The lowest BCUT2D eigenvalue weighted by atomic mass is 10.2. The van der Waals surface area contributed by atoms with E-state index in [2.05, 4.69) is 24.0 Å². The predicted molar refractivity (Wildman–Crippen MR) is 57.8 cm³/mol. The first-order valence-electron chi connectivity index (χ1n) is 3.89. The lowest BCUT2D eigenvalue weighted by molar-refractivity contribution is 0.550. The summed E-state index contributed by atoms with van der Waals surface area (Å²) in [5.41, 5.74) is -0.174. The molecule has 0 aromatic carbocycles. The van der Waals surface area contributed by atoms with Gasteiger partial charge in [-0.25, -0.2) is 9.89 Å². The number of hydrogen-bond donors (Lipinski definition) is 2. The SMILES string of the molecule is CSC(C)(C)Cn1c(=O)[nH][nH]c1=S. The van der Waals surface area contributed by atoms with Crippen molar-refractivity contribution in [1.29, 1.82) is 0 Å². The number of thioether (sulfide) groups is 1. The maximum atomic E-state index is 11.2. The molecule has 0 radical (unpaired) electrons. The Kier molecular flexibility index (Phi) is 3.02. The summed E-state index contributed by atoms with van der Waals surface area (Å²) in [7, 11) is 0. The second-order valence-corrected chi connectivity index (χ2v) is 5.31. The van der Waals surface area contributed by atoms with Gasteiger partial charge in [0.2, 0.25) is 0 Å². The fraction of sp³-hybridized carbons (Fsp3) is 0.714. The molecule has 1 aromatic rings. The smallest absolute Gasteiger partial charge is 0.272 e. The van der Waals surface area contributed by atoms with Crippen molar-refractivity contribution >= 4 is 24.0 Å². The molecule has 74 valence electrons. The Morgan fingerprint density at radius 1 is 1.54 bits per heavy atom. The molecule has 0 aliphatic carbocycles. The normalized spacial score (nSPS) is 11.9. The Hall–Kier alpha value is -0.490. The highest BCUT2D eigenvalue weighted by molar-refractivity contribution is 7.99. The van der Waals surface area contributed by atoms with Crippen LogP contribution in [0.3, 0.4) is 0 Å². The monoisotopic (exact) mass is 219 g/mol. The molecule has 1 heterocycles. The minimum Gasteiger partial charge on any atom is -0.272 e. The molecule has 0 saturated carbocycles. The van der Waals surface area contributed by atoms with Gasteiger partial charge in [-0.05, 0) is 32.3 Å². The summed E-state index contributed by atoms with van der Waals surface area (Å²) in [5.74, 6) is 0. The standard InChI is InChI=1S/C7H13N3OS2/c1-7(2,13-3)4-10-5(11)8-9-6(10)12/h4H2,1-3H3,(H,8,11)(H,9,12). The topological polar surface area (TPSA) is 53.6 Å². The summed E-state index contributed by atoms with van der Waals surface area (Å²) in [6.07, 6.45) is 2.02. The van der Waals surface area contributed by atoms with Gasteiger partial charge in [-0.3, -0.25) is 9.67 Å². The highest BCUT2D eigenvalue weighted by atomic mass is 32.2. The Labute approximate surface area is 85.7 Å². The summed E-state index contributed by atoms with van der Waals surface area (Å²) in [4.78, 5) is 11.2. The molecule has 0 atom stereocenters. The van der Waals surface area contributed by atoms with Crippen LogP contribution in [0.25, 0.3) is 0 Å². The number of H-pyrrole nitrogens is 2. The zero-order chi connectivity index (χ0) is 10.1. The summed E-state index contributed by atoms with van der Waals surface area (Å²) in [6.45, 7) is 4.77. The van der Waals surface area contributed by atoms with Crippen LogP contribution in [0.2, 0.25) is 0 Å². The van der Waals surface area contributed by atoms with Gasteiger partial charge in [-0.1, -0.05) is 0 Å². The highest BCUT2D eigenvalue weighted by Gasteiger charge is 2.18. The Morgan fingerprint density at radius 3 is 2.54 bits per heavy atom. The van der Waals surface area contributed by atoms with Gasteiger partial charge in [0, 0.05) is 11.3 Å². The van der Waals surface area contributed by atoms with E-state index in [-0.39, 0.29) is 10.4 Å². The van der Waals surface area contributed by atoms with E-state index in [1.165, 1.54) is 4.57 Å². The molecule has 0 fully saturated rings. The Bertz CT molecular complexity index is 359. The van der Waals surface area contributed by atoms with E-state index in [0.717, 1.165) is 0 Å². The molecule has 4 nitrogen and oxygen atoms in total. The van der Waals surface area contributed by atoms with Gasteiger partial charge < -0.3 is 0 Å². The lowest BCUT2D eigenvalue weighted by Crippen LogP contribution is -2.29. The molecule has 1 aromatic heterocycles. The quantitative estimate of drug-likeness (QED) is 0.755. The number of nitrogens with one attached hydrogen (secondary N) is 2. The van der Waals surface area contributed by atoms with Crippen LogP contribution in [0.15, 0.2) is 4.79 Å². The van der Waals surface area contributed by atoms with E-state index < -0.39 is 0 Å². The third-order valence-corrected chi connectivity index (χ3v) is 3.41. The number of aromatic nitrogens is 3. The second-order valence-electron chi connectivity index (χ2n) is 3.41. The van der Waals surface area contributed by atoms with Crippen molar-refractivity contribution in [3.63, 3.8) is 0 Å². The van der Waals surface area contributed by atoms with Crippen molar-refractivity contribution < 1.29 is 0 Å². The fourth-order valence-corrected chi connectivity index (χ4v) is 1.38. The molecule has 2 N–H and O–H groups in total. The predicted octanol–water partition coefficient (Wildman–Crippen LogP) is 1.38. The zero-order valence-electron chi connectivity index (χ0n) is 7.88. The minimum atomic E-state index is -0.174. The molecular weight excluding hydrogens is 206 g/mol. The number of aromatic amines is 2. The Balaban J connectivity index is 2.99. The van der Waals surface area contributed by atoms with Gasteiger partial charge in [0.05, 0.1) is 0 Å². The van der Waals surface area contributed by atoms with E-state index in [1.54, 1.807) is 11.8 Å². The van der Waals surface area contributed by atoms with Crippen molar-refractivity contribution in [2.45, 2.75) is 25.1 Å². The van der Waals surface area contributed by atoms with E-state index in [0.29, 0.717) is 11.3 Å². The number of nitrogens with zero attached hydrogens (tertiary/aromatic N) is 1. The molecule has 0 amide bonds. The molecule has 6 heteroatoms. The van der Waals surface area contributed by atoms with Gasteiger partial charge in [0.15, 0.2) is 4.77 Å². The first kappa shape index (κ1) is 10.6. The number of hydrogen-bond acceptors (Lipinski definition) is 3. The van der Waals surface area contributed by atoms with Crippen molar-refractivity contribution in [2.24, 2.45) is 0 Å². The van der Waals surface area contributed by atoms with E-state index in [4.69, 9.17) is 12.2 Å². The summed E-state index contributed by atoms with van der Waals surface area (Å²) >= 11 is 6.66. The first-order valence-corrected chi connectivity index (χ1v) is 5.52. The van der Waals surface area contributed by atoms with Crippen LogP contribution >= 0.6 is 24.0 Å². The van der Waals surface area contributed by atoms with E-state index in [1.807, 2.05) is 6.26 Å². The van der Waals surface area contributed by atoms with Crippen LogP contribution in [0, 0.1) is 4.77 Å². The maximum Gasteiger partial charge on any atom is 0.342 e. The molecule has 0 aliphatic heterocycles. The highest BCUT2D eigenvalue weighted by Crippen LogP contribution is 2.22. The zero-order valence-corrected chi connectivity index (χ0v) is 9.51. The molecule has 1 rings (SSSR count). The van der Waals surface area contributed by atoms with Crippen LogP contribution in [0.5, 0.6) is 0 Å². The average Bonchev–Trinajstić information content (AvgIpc) is 2.36. The molecule has 0 aliphatic rings. The van der Waals surface area contributed by atoms with Crippen LogP contribution in [0.1, 0.15) is 13.8 Å². The van der Waals surface area contributed by atoms with Gasteiger partial charge in [0.1, 0.15) is 0 Å². The lowest BCUT2D eigenvalue weighted by Gasteiger charge is -2.21. The average molecular weight is 219 g/mol. The van der Waals surface area contributed by atoms with Gasteiger partial charge in [-0.2, -0.15) is 11.8 Å². The van der Waals surface area contributed by atoms with Crippen LogP contribution in [-0.2, 0) is 6.54 Å². The van der Waals surface area contributed by atoms with Crippen molar-refractivity contribution in [1.82, 2.24) is 14.8 Å². The minimum absolute atomic E-state index is 0.0212. The van der Waals surface area contributed by atoms with Gasteiger partial charge in [-0.15, -0.1) is 0 Å². The molecular formula is C7H13N3OS2. The molecule has 13 heavy (non-hydrogen) atoms. The van der Waals surface area contributed by atoms with E-state index in [9.17, 15) is 4.79 Å². The van der Waals surface area contributed by atoms with Gasteiger partial charge >= 0.3 is 5.69 Å². The van der Waals surface area contributed by atoms with Crippen molar-refractivity contribution in [3.8, 4) is 0 Å². The van der Waals surface area contributed by atoms with Crippen molar-refractivity contribution in [3.05, 3.63) is 15.3 Å². The second kappa shape index (κ2) is 3.71. The summed E-state index contributed by atoms with van der Waals surface area (Å²) < 4.78 is 2.01. The summed E-state index contributed by atoms with van der Waals surface area (Å²) in [5, 5.41) is 5.07. The van der Waals surface area contributed by atoms with Crippen molar-refractivity contribution in [2.75, 3.05) is 6.26 Å². The molecule has 0 unspecified atom stereocenters. The fourth-order valence-electron chi connectivity index (χ4n) is 0.923. The van der Waals surface area contributed by atoms with Crippen LogP contribution in [0.4, 0.5) is 0 Å². The van der Waals surface area contributed by atoms with E-state index >= 15 is 0 Å². The molecule has 0 spiro atoms. The third kappa shape index (κ3) is 2.47. The first-order chi connectivity index (χ1) is 5.96. The largest absolute Gasteiger partial charge is 0.342 e. The molecule has 0 bridgehead atoms. The number of rotatable bonds is 3. The Morgan fingerprint density at radius 2 is 2.15 bits per heavy atom. The molecule has 0 saturated heterocycles. The summed E-state index contributed by atoms with van der Waals surface area (Å²) in [6, 6.07) is 0. The van der Waals surface area contributed by atoms with Gasteiger partial charge in [0.25, 0.3) is 0 Å². The third-order valence-electron chi connectivity index (χ3n) is 1.86. The van der Waals surface area contributed by atoms with Crippen LogP contribution in [-0.4, -0.2) is 25.8 Å². The maximum absolute atomic E-state index is 11.2.